The number of hydrogen-bond donors (Lipinski definition) is 2. The number of carbonyl (C=O) groups excluding carboxylic acids is 1. The molecule has 1 saturated heterocycles. The summed E-state index contributed by atoms with van der Waals surface area (Å²) < 4.78 is 5.18. The fourth-order valence-electron chi connectivity index (χ4n) is 1.66. The molecule has 1 atom stereocenters. The second-order valence-electron chi connectivity index (χ2n) is 3.19. The summed E-state index contributed by atoms with van der Waals surface area (Å²) in [4.78, 5) is 10.9. The Morgan fingerprint density at radius 3 is 2.50 bits per heavy atom. The average Bonchev–Trinajstić information content (AvgIpc) is 2.07. The Morgan fingerprint density at radius 2 is 2.08 bits per heavy atom. The minimum absolute atomic E-state index is 0.158. The number of primary amides is 1. The van der Waals surface area contributed by atoms with Crippen molar-refractivity contribution in [2.75, 3.05) is 19.8 Å². The Labute approximate surface area is 72.2 Å². The maximum Gasteiger partial charge on any atom is 0.222 e. The van der Waals surface area contributed by atoms with E-state index >= 15 is 0 Å². The van der Waals surface area contributed by atoms with Gasteiger partial charge in [0.25, 0.3) is 0 Å². The van der Waals surface area contributed by atoms with Gasteiger partial charge in [0.15, 0.2) is 0 Å². The first kappa shape index (κ1) is 9.48. The molecule has 0 aromatic heterocycles. The summed E-state index contributed by atoms with van der Waals surface area (Å²) in [5, 5.41) is 0. The lowest BCUT2D eigenvalue weighted by molar-refractivity contribution is -0.124. The van der Waals surface area contributed by atoms with Crippen LogP contribution >= 0.6 is 0 Å². The molecule has 1 amide bonds. The van der Waals surface area contributed by atoms with Crippen molar-refractivity contribution in [2.24, 2.45) is 23.3 Å². The topological polar surface area (TPSA) is 78.3 Å². The van der Waals surface area contributed by atoms with Crippen LogP contribution in [0.2, 0.25) is 0 Å². The number of carbonyl (C=O) groups is 1. The zero-order valence-electron chi connectivity index (χ0n) is 7.16. The Hall–Kier alpha value is -0.610. The number of ether oxygens (including phenoxy) is 1. The van der Waals surface area contributed by atoms with Crippen molar-refractivity contribution in [3.63, 3.8) is 0 Å². The summed E-state index contributed by atoms with van der Waals surface area (Å²) in [6.45, 7) is 1.82. The smallest absolute Gasteiger partial charge is 0.222 e. The van der Waals surface area contributed by atoms with Crippen LogP contribution in [0.4, 0.5) is 0 Å². The van der Waals surface area contributed by atoms with Crippen molar-refractivity contribution in [2.45, 2.75) is 12.8 Å². The first-order valence-electron chi connectivity index (χ1n) is 4.33. The molecule has 4 N–H and O–H groups in total. The highest BCUT2D eigenvalue weighted by molar-refractivity contribution is 5.77. The van der Waals surface area contributed by atoms with Gasteiger partial charge in [-0.15, -0.1) is 0 Å². The van der Waals surface area contributed by atoms with Crippen LogP contribution in [-0.4, -0.2) is 25.7 Å². The fourth-order valence-corrected chi connectivity index (χ4v) is 1.66. The van der Waals surface area contributed by atoms with E-state index in [0.29, 0.717) is 12.5 Å². The molecule has 0 aliphatic carbocycles. The second-order valence-corrected chi connectivity index (χ2v) is 3.19. The monoisotopic (exact) mass is 172 g/mol. The van der Waals surface area contributed by atoms with E-state index in [1.54, 1.807) is 0 Å². The lowest BCUT2D eigenvalue weighted by Gasteiger charge is -2.27. The zero-order chi connectivity index (χ0) is 8.97. The van der Waals surface area contributed by atoms with Crippen LogP contribution in [-0.2, 0) is 9.53 Å². The summed E-state index contributed by atoms with van der Waals surface area (Å²) in [7, 11) is 0. The van der Waals surface area contributed by atoms with E-state index in [1.807, 2.05) is 0 Å². The highest BCUT2D eigenvalue weighted by Gasteiger charge is 2.26. The number of rotatable bonds is 3. The van der Waals surface area contributed by atoms with E-state index in [-0.39, 0.29) is 11.8 Å². The Balaban J connectivity index is 2.46. The molecule has 0 aromatic rings. The Kier molecular flexibility index (Phi) is 3.49. The summed E-state index contributed by atoms with van der Waals surface area (Å²) in [6, 6.07) is 0. The lowest BCUT2D eigenvalue weighted by Crippen LogP contribution is -2.38. The van der Waals surface area contributed by atoms with Gasteiger partial charge < -0.3 is 16.2 Å². The van der Waals surface area contributed by atoms with Gasteiger partial charge in [0.05, 0.1) is 5.92 Å². The summed E-state index contributed by atoms with van der Waals surface area (Å²) in [5.41, 5.74) is 10.7. The van der Waals surface area contributed by atoms with Crippen LogP contribution in [0.15, 0.2) is 0 Å². The molecule has 1 heterocycles. The normalized spacial score (nSPS) is 22.1. The van der Waals surface area contributed by atoms with Crippen LogP contribution < -0.4 is 11.5 Å². The van der Waals surface area contributed by atoms with Gasteiger partial charge in [-0.25, -0.2) is 0 Å². The van der Waals surface area contributed by atoms with Crippen molar-refractivity contribution in [3.8, 4) is 0 Å². The summed E-state index contributed by atoms with van der Waals surface area (Å²) in [6.07, 6.45) is 1.82. The van der Waals surface area contributed by atoms with Crippen molar-refractivity contribution >= 4 is 5.91 Å². The zero-order valence-corrected chi connectivity index (χ0v) is 7.16. The third kappa shape index (κ3) is 2.19. The van der Waals surface area contributed by atoms with Crippen LogP contribution in [0.1, 0.15) is 12.8 Å². The van der Waals surface area contributed by atoms with Gasteiger partial charge in [-0.05, 0) is 18.8 Å². The highest BCUT2D eigenvalue weighted by Crippen LogP contribution is 2.22. The van der Waals surface area contributed by atoms with Gasteiger partial charge in [0.1, 0.15) is 0 Å². The van der Waals surface area contributed by atoms with Gasteiger partial charge >= 0.3 is 0 Å². The quantitative estimate of drug-likeness (QED) is 0.601. The van der Waals surface area contributed by atoms with E-state index in [1.165, 1.54) is 0 Å². The van der Waals surface area contributed by atoms with Crippen LogP contribution in [0, 0.1) is 11.8 Å². The lowest BCUT2D eigenvalue weighted by atomic mass is 9.85. The third-order valence-electron chi connectivity index (χ3n) is 2.45. The van der Waals surface area contributed by atoms with Crippen molar-refractivity contribution in [1.29, 1.82) is 0 Å². The van der Waals surface area contributed by atoms with E-state index in [2.05, 4.69) is 0 Å². The highest BCUT2D eigenvalue weighted by atomic mass is 16.5. The minimum atomic E-state index is -0.274. The van der Waals surface area contributed by atoms with Crippen LogP contribution in [0.5, 0.6) is 0 Å². The maximum absolute atomic E-state index is 10.9. The molecule has 4 heteroatoms. The van der Waals surface area contributed by atoms with Crippen molar-refractivity contribution < 1.29 is 9.53 Å². The van der Waals surface area contributed by atoms with E-state index < -0.39 is 0 Å². The molecule has 1 aliphatic heterocycles. The minimum Gasteiger partial charge on any atom is -0.381 e. The van der Waals surface area contributed by atoms with Gasteiger partial charge in [0.2, 0.25) is 5.91 Å². The maximum atomic E-state index is 10.9. The molecule has 1 rings (SSSR count). The Morgan fingerprint density at radius 1 is 1.50 bits per heavy atom. The summed E-state index contributed by atoms with van der Waals surface area (Å²) >= 11 is 0. The van der Waals surface area contributed by atoms with Crippen LogP contribution in [0.3, 0.4) is 0 Å². The molecule has 0 aromatic carbocycles. The van der Waals surface area contributed by atoms with Gasteiger partial charge in [-0.1, -0.05) is 0 Å². The molecule has 12 heavy (non-hydrogen) atoms. The van der Waals surface area contributed by atoms with Gasteiger partial charge in [-0.3, -0.25) is 4.79 Å². The molecule has 1 unspecified atom stereocenters. The molecule has 4 nitrogen and oxygen atoms in total. The van der Waals surface area contributed by atoms with Gasteiger partial charge in [0, 0.05) is 19.8 Å². The molecule has 0 spiro atoms. The van der Waals surface area contributed by atoms with Gasteiger partial charge in [-0.2, -0.15) is 0 Å². The number of hydrogen-bond acceptors (Lipinski definition) is 3. The SMILES string of the molecule is NCC(C(N)=O)C1CCOCC1. The first-order chi connectivity index (χ1) is 5.75. The standard InChI is InChI=1S/C8H16N2O2/c9-5-7(8(10)11)6-1-3-12-4-2-6/h6-7H,1-5,9H2,(H2,10,11). The predicted molar refractivity (Wildman–Crippen MR) is 45.3 cm³/mol. The van der Waals surface area contributed by atoms with Crippen molar-refractivity contribution in [3.05, 3.63) is 0 Å². The predicted octanol–water partition coefficient (Wildman–Crippen LogP) is -0.527. The molecule has 0 bridgehead atoms. The first-order valence-corrected chi connectivity index (χ1v) is 4.33. The summed E-state index contributed by atoms with van der Waals surface area (Å²) in [5.74, 6) is -0.0976. The Bertz CT molecular complexity index is 155. The molecular formula is C8H16N2O2. The largest absolute Gasteiger partial charge is 0.381 e. The van der Waals surface area contributed by atoms with Crippen LogP contribution in [0.25, 0.3) is 0 Å². The van der Waals surface area contributed by atoms with E-state index in [4.69, 9.17) is 16.2 Å². The molecular weight excluding hydrogens is 156 g/mol. The molecule has 0 radical (unpaired) electrons. The average molecular weight is 172 g/mol. The van der Waals surface area contributed by atoms with E-state index in [0.717, 1.165) is 26.1 Å². The third-order valence-corrected chi connectivity index (χ3v) is 2.45. The number of amides is 1. The van der Waals surface area contributed by atoms with E-state index in [9.17, 15) is 4.79 Å². The number of nitrogens with two attached hydrogens (primary N) is 2. The fraction of sp³-hybridized carbons (Fsp3) is 0.875. The molecule has 1 aliphatic rings. The molecule has 0 saturated carbocycles. The second kappa shape index (κ2) is 4.42. The van der Waals surface area contributed by atoms with Crippen molar-refractivity contribution in [1.82, 2.24) is 0 Å². The molecule has 1 fully saturated rings. The molecule has 70 valence electrons.